The van der Waals surface area contributed by atoms with Gasteiger partial charge in [0, 0.05) is 24.8 Å². The number of carbonyl (C=O) groups excluding carboxylic acids is 2. The molecule has 1 aromatic heterocycles. The van der Waals surface area contributed by atoms with Crippen LogP contribution in [0.15, 0.2) is 41.6 Å². The molecule has 2 amide bonds. The second kappa shape index (κ2) is 10.8. The molecule has 2 aliphatic rings. The number of nitrogens with one attached hydrogen (secondary N) is 2. The summed E-state index contributed by atoms with van der Waals surface area (Å²) in [7, 11) is 0. The van der Waals surface area contributed by atoms with Crippen molar-refractivity contribution < 1.29 is 9.59 Å². The van der Waals surface area contributed by atoms with Gasteiger partial charge < -0.3 is 10.6 Å². The number of hydrogen-bond donors (Lipinski definition) is 2. The maximum Gasteiger partial charge on any atom is 0.269 e. The molecule has 28 heavy (non-hydrogen) atoms. The van der Waals surface area contributed by atoms with Gasteiger partial charge in [0.15, 0.2) is 0 Å². The molecule has 2 aliphatic carbocycles. The van der Waals surface area contributed by atoms with E-state index in [1.54, 1.807) is 12.1 Å². The second-order valence-corrected chi connectivity index (χ2v) is 7.66. The maximum atomic E-state index is 12.4. The van der Waals surface area contributed by atoms with Gasteiger partial charge in [-0.25, -0.2) is 0 Å². The van der Waals surface area contributed by atoms with Crippen molar-refractivity contribution in [3.05, 3.63) is 52.9 Å². The molecule has 0 unspecified atom stereocenters. The van der Waals surface area contributed by atoms with E-state index in [1.165, 1.54) is 43.0 Å². The second-order valence-electron chi connectivity index (χ2n) is 7.66. The third-order valence-corrected chi connectivity index (χ3v) is 5.49. The molecule has 0 bridgehead atoms. The quantitative estimate of drug-likeness (QED) is 0.659. The minimum Gasteiger partial charge on any atom is -0.352 e. The van der Waals surface area contributed by atoms with Gasteiger partial charge in [0.25, 0.3) is 11.8 Å². The van der Waals surface area contributed by atoms with E-state index in [1.807, 2.05) is 0 Å². The molecule has 0 atom stereocenters. The smallest absolute Gasteiger partial charge is 0.269 e. The highest BCUT2D eigenvalue weighted by molar-refractivity contribution is 5.98. The Bertz CT molecular complexity index is 693. The van der Waals surface area contributed by atoms with Gasteiger partial charge in [0.05, 0.1) is 0 Å². The summed E-state index contributed by atoms with van der Waals surface area (Å²) >= 11 is 0. The lowest BCUT2D eigenvalue weighted by Gasteiger charge is -2.13. The number of amides is 2. The molecule has 3 rings (SSSR count). The van der Waals surface area contributed by atoms with Gasteiger partial charge in [-0.2, -0.15) is 0 Å². The van der Waals surface area contributed by atoms with Crippen LogP contribution in [-0.4, -0.2) is 29.9 Å². The van der Waals surface area contributed by atoms with Crippen LogP contribution in [0.2, 0.25) is 0 Å². The van der Waals surface area contributed by atoms with Gasteiger partial charge in [0.1, 0.15) is 5.69 Å². The Balaban J connectivity index is 1.45. The van der Waals surface area contributed by atoms with Gasteiger partial charge in [0.2, 0.25) is 0 Å². The lowest BCUT2D eigenvalue weighted by Crippen LogP contribution is -2.28. The summed E-state index contributed by atoms with van der Waals surface area (Å²) in [5.41, 5.74) is 3.64. The van der Waals surface area contributed by atoms with Crippen LogP contribution in [0.1, 0.15) is 85.1 Å². The molecule has 5 nitrogen and oxygen atoms in total. The molecule has 0 radical (unpaired) electrons. The van der Waals surface area contributed by atoms with Gasteiger partial charge in [-0.1, -0.05) is 23.3 Å². The Morgan fingerprint density at radius 2 is 1.46 bits per heavy atom. The number of pyridine rings is 1. The Labute approximate surface area is 167 Å². The third-order valence-electron chi connectivity index (χ3n) is 5.49. The van der Waals surface area contributed by atoms with Crippen LogP contribution in [0.25, 0.3) is 0 Å². The van der Waals surface area contributed by atoms with Crippen LogP contribution >= 0.6 is 0 Å². The average Bonchev–Trinajstić information content (AvgIpc) is 2.75. The van der Waals surface area contributed by atoms with E-state index in [0.717, 1.165) is 38.5 Å². The Hall–Kier alpha value is -2.43. The summed E-state index contributed by atoms with van der Waals surface area (Å²) < 4.78 is 0. The predicted molar refractivity (Wildman–Crippen MR) is 111 cm³/mol. The number of carbonyl (C=O) groups is 2. The van der Waals surface area contributed by atoms with E-state index >= 15 is 0 Å². The van der Waals surface area contributed by atoms with Gasteiger partial charge in [-0.05, 0) is 76.3 Å². The normalized spacial score (nSPS) is 16.7. The summed E-state index contributed by atoms with van der Waals surface area (Å²) in [5.74, 6) is -0.376. The molecule has 0 aromatic carbocycles. The minimum absolute atomic E-state index is 0.153. The molecule has 1 aromatic rings. The summed E-state index contributed by atoms with van der Waals surface area (Å²) in [4.78, 5) is 28.9. The number of aromatic nitrogens is 1. The zero-order chi connectivity index (χ0) is 19.6. The Morgan fingerprint density at radius 1 is 0.857 bits per heavy atom. The van der Waals surface area contributed by atoms with Crippen molar-refractivity contribution >= 4 is 11.8 Å². The van der Waals surface area contributed by atoms with E-state index in [-0.39, 0.29) is 11.8 Å². The van der Waals surface area contributed by atoms with Crippen molar-refractivity contribution in [2.45, 2.75) is 64.2 Å². The van der Waals surface area contributed by atoms with E-state index in [9.17, 15) is 9.59 Å². The lowest BCUT2D eigenvalue weighted by atomic mass is 9.97. The topological polar surface area (TPSA) is 71.1 Å². The fourth-order valence-electron chi connectivity index (χ4n) is 3.83. The van der Waals surface area contributed by atoms with Crippen LogP contribution in [0.5, 0.6) is 0 Å². The van der Waals surface area contributed by atoms with E-state index < -0.39 is 0 Å². The average molecular weight is 382 g/mol. The first-order valence-electron chi connectivity index (χ1n) is 10.6. The summed E-state index contributed by atoms with van der Waals surface area (Å²) in [6.07, 6.45) is 17.5. The van der Waals surface area contributed by atoms with Crippen molar-refractivity contribution in [3.63, 3.8) is 0 Å². The largest absolute Gasteiger partial charge is 0.352 e. The van der Waals surface area contributed by atoms with Crippen molar-refractivity contribution in [2.24, 2.45) is 0 Å². The number of hydrogen-bond acceptors (Lipinski definition) is 3. The van der Waals surface area contributed by atoms with Gasteiger partial charge in [-0.15, -0.1) is 0 Å². The number of rotatable bonds is 8. The first kappa shape index (κ1) is 20.3. The molecule has 5 heteroatoms. The van der Waals surface area contributed by atoms with Crippen LogP contribution in [0.4, 0.5) is 0 Å². The number of allylic oxidation sites excluding steroid dienone is 2. The molecule has 0 spiro atoms. The zero-order valence-electron chi connectivity index (χ0n) is 16.6. The fraction of sp³-hybridized carbons (Fsp3) is 0.522. The van der Waals surface area contributed by atoms with Crippen molar-refractivity contribution in [1.82, 2.24) is 15.6 Å². The number of nitrogens with zero attached hydrogens (tertiary/aromatic N) is 1. The Kier molecular flexibility index (Phi) is 7.82. The van der Waals surface area contributed by atoms with E-state index in [2.05, 4.69) is 27.8 Å². The minimum atomic E-state index is -0.224. The molecule has 0 aliphatic heterocycles. The first-order valence-corrected chi connectivity index (χ1v) is 10.6. The predicted octanol–water partition coefficient (Wildman–Crippen LogP) is 4.32. The molecule has 0 saturated heterocycles. The molecule has 0 fully saturated rings. The van der Waals surface area contributed by atoms with Crippen molar-refractivity contribution in [2.75, 3.05) is 13.1 Å². The van der Waals surface area contributed by atoms with Crippen LogP contribution in [-0.2, 0) is 0 Å². The molecule has 1 heterocycles. The highest BCUT2D eigenvalue weighted by atomic mass is 16.2. The summed E-state index contributed by atoms with van der Waals surface area (Å²) in [5, 5.41) is 5.87. The fourth-order valence-corrected chi connectivity index (χ4v) is 3.83. The molecular weight excluding hydrogens is 350 g/mol. The maximum absolute atomic E-state index is 12.4. The molecule has 150 valence electrons. The highest BCUT2D eigenvalue weighted by Crippen LogP contribution is 2.20. The van der Waals surface area contributed by atoms with Crippen molar-refractivity contribution in [3.8, 4) is 0 Å². The summed E-state index contributed by atoms with van der Waals surface area (Å²) in [6.45, 7) is 1.24. The molecule has 0 saturated carbocycles. The molecule has 2 N–H and O–H groups in total. The van der Waals surface area contributed by atoms with Crippen LogP contribution in [0, 0.1) is 0 Å². The standard InChI is InChI=1S/C23H31N3O2/c27-22(25-14-11-18-7-3-1-4-8-18)20-13-16-24-21(17-20)23(28)26-15-12-19-9-5-2-6-10-19/h7,9,13,16-17H,1-6,8,10-12,14-15H2,(H,25,27)(H,26,28). The van der Waals surface area contributed by atoms with Crippen LogP contribution in [0.3, 0.4) is 0 Å². The lowest BCUT2D eigenvalue weighted by molar-refractivity contribution is 0.0949. The van der Waals surface area contributed by atoms with E-state index in [4.69, 9.17) is 0 Å². The third kappa shape index (κ3) is 6.32. The monoisotopic (exact) mass is 381 g/mol. The van der Waals surface area contributed by atoms with Crippen LogP contribution < -0.4 is 10.6 Å². The van der Waals surface area contributed by atoms with Gasteiger partial charge >= 0.3 is 0 Å². The summed E-state index contributed by atoms with van der Waals surface area (Å²) in [6, 6.07) is 3.23. The molecular formula is C23H31N3O2. The van der Waals surface area contributed by atoms with E-state index in [0.29, 0.717) is 24.3 Å². The Morgan fingerprint density at radius 3 is 2.04 bits per heavy atom. The van der Waals surface area contributed by atoms with Crippen molar-refractivity contribution in [1.29, 1.82) is 0 Å². The first-order chi connectivity index (χ1) is 13.7. The van der Waals surface area contributed by atoms with Gasteiger partial charge in [-0.3, -0.25) is 14.6 Å². The zero-order valence-corrected chi connectivity index (χ0v) is 16.6. The highest BCUT2D eigenvalue weighted by Gasteiger charge is 2.12. The SMILES string of the molecule is O=C(NCCC1=CCCCC1)c1ccnc(C(=O)NCCC2=CCCCC2)c1.